The van der Waals surface area contributed by atoms with E-state index in [2.05, 4.69) is 6.92 Å². The van der Waals surface area contributed by atoms with E-state index in [4.69, 9.17) is 9.47 Å². The Kier molecular flexibility index (Phi) is 4.99. The molecular formula is C21H22O3. The van der Waals surface area contributed by atoms with Crippen LogP contribution < -0.4 is 4.74 Å². The van der Waals surface area contributed by atoms with Crippen molar-refractivity contribution in [2.75, 3.05) is 13.7 Å². The normalized spacial score (nSPS) is 12.9. The number of hydrogen-bond donors (Lipinski definition) is 0. The second-order valence-electron chi connectivity index (χ2n) is 5.91. The number of carbonyl (C=O) groups is 1. The van der Waals surface area contributed by atoms with Crippen LogP contribution in [-0.2, 0) is 16.0 Å². The molecule has 0 atom stereocenters. The second kappa shape index (κ2) is 7.35. The van der Waals surface area contributed by atoms with E-state index < -0.39 is 0 Å². The Morgan fingerprint density at radius 3 is 2.62 bits per heavy atom. The number of hydrogen-bond acceptors (Lipinski definition) is 3. The summed E-state index contributed by atoms with van der Waals surface area (Å²) in [6.45, 7) is 2.56. The Balaban J connectivity index is 2.00. The van der Waals surface area contributed by atoms with Crippen molar-refractivity contribution >= 4 is 11.5 Å². The maximum atomic E-state index is 12.6. The lowest BCUT2D eigenvalue weighted by Gasteiger charge is -2.09. The third-order valence-corrected chi connectivity index (χ3v) is 4.29. The zero-order valence-corrected chi connectivity index (χ0v) is 14.2. The van der Waals surface area contributed by atoms with Gasteiger partial charge in [0, 0.05) is 12.0 Å². The first-order chi connectivity index (χ1) is 11.7. The molecule has 24 heavy (non-hydrogen) atoms. The first-order valence-corrected chi connectivity index (χ1v) is 8.37. The van der Waals surface area contributed by atoms with Gasteiger partial charge in [0.15, 0.2) is 0 Å². The van der Waals surface area contributed by atoms with E-state index in [1.165, 1.54) is 0 Å². The van der Waals surface area contributed by atoms with Crippen molar-refractivity contribution in [3.05, 3.63) is 70.8 Å². The van der Waals surface area contributed by atoms with Crippen molar-refractivity contribution in [2.45, 2.75) is 26.2 Å². The molecule has 0 bridgehead atoms. The molecule has 3 heteroatoms. The highest BCUT2D eigenvalue weighted by Crippen LogP contribution is 2.39. The van der Waals surface area contributed by atoms with Crippen molar-refractivity contribution in [1.82, 2.24) is 0 Å². The molecule has 0 aliphatic heterocycles. The molecule has 1 aliphatic carbocycles. The predicted octanol–water partition coefficient (Wildman–Crippen LogP) is 4.40. The largest absolute Gasteiger partial charge is 0.497 e. The quantitative estimate of drug-likeness (QED) is 0.584. The summed E-state index contributed by atoms with van der Waals surface area (Å²) in [6, 6.07) is 16.0. The zero-order valence-electron chi connectivity index (χ0n) is 14.2. The number of esters is 1. The van der Waals surface area contributed by atoms with Crippen LogP contribution in [0, 0.1) is 0 Å². The highest BCUT2D eigenvalue weighted by molar-refractivity contribution is 6.05. The van der Waals surface area contributed by atoms with Gasteiger partial charge in [-0.05, 0) is 40.8 Å². The van der Waals surface area contributed by atoms with Crippen molar-refractivity contribution in [3.8, 4) is 5.75 Å². The number of ether oxygens (including phenoxy) is 2. The smallest absolute Gasteiger partial charge is 0.334 e. The van der Waals surface area contributed by atoms with E-state index >= 15 is 0 Å². The number of rotatable bonds is 6. The molecule has 2 aromatic carbocycles. The minimum atomic E-state index is -0.211. The first kappa shape index (κ1) is 16.3. The molecule has 2 aromatic rings. The maximum absolute atomic E-state index is 12.6. The molecule has 0 spiro atoms. The summed E-state index contributed by atoms with van der Waals surface area (Å²) in [6.07, 6.45) is 2.48. The monoisotopic (exact) mass is 322 g/mol. The summed E-state index contributed by atoms with van der Waals surface area (Å²) < 4.78 is 10.8. The predicted molar refractivity (Wildman–Crippen MR) is 95.0 cm³/mol. The lowest BCUT2D eigenvalue weighted by molar-refractivity contribution is -0.139. The Morgan fingerprint density at radius 2 is 1.92 bits per heavy atom. The Hall–Kier alpha value is -2.55. The highest BCUT2D eigenvalue weighted by Gasteiger charge is 2.28. The van der Waals surface area contributed by atoms with Gasteiger partial charge in [-0.1, -0.05) is 49.7 Å². The van der Waals surface area contributed by atoms with E-state index in [1.54, 1.807) is 7.11 Å². The van der Waals surface area contributed by atoms with Crippen LogP contribution in [0.5, 0.6) is 5.75 Å². The van der Waals surface area contributed by atoms with Gasteiger partial charge in [0.25, 0.3) is 0 Å². The molecule has 0 N–H and O–H groups in total. The van der Waals surface area contributed by atoms with Crippen LogP contribution in [0.25, 0.3) is 5.57 Å². The van der Waals surface area contributed by atoms with E-state index in [0.717, 1.165) is 46.4 Å². The van der Waals surface area contributed by atoms with Crippen molar-refractivity contribution in [2.24, 2.45) is 0 Å². The fourth-order valence-electron chi connectivity index (χ4n) is 3.03. The summed E-state index contributed by atoms with van der Waals surface area (Å²) in [5, 5.41) is 0. The molecular weight excluding hydrogens is 300 g/mol. The molecule has 124 valence electrons. The molecule has 0 radical (unpaired) electrons. The molecule has 0 heterocycles. The Morgan fingerprint density at radius 1 is 1.12 bits per heavy atom. The average molecular weight is 322 g/mol. The summed E-state index contributed by atoms with van der Waals surface area (Å²) >= 11 is 0. The third kappa shape index (κ3) is 3.21. The standard InChI is InChI=1S/C21H22O3/c1-3-4-12-24-21(22)19-14-16-13-17(23-2)10-11-18(16)20(19)15-8-6-5-7-9-15/h5-11,13H,3-4,12,14H2,1-2H3. The van der Waals surface area contributed by atoms with E-state index in [0.29, 0.717) is 13.0 Å². The average Bonchev–Trinajstić information content (AvgIpc) is 3.01. The van der Waals surface area contributed by atoms with Crippen LogP contribution >= 0.6 is 0 Å². The van der Waals surface area contributed by atoms with Gasteiger partial charge in [-0.2, -0.15) is 0 Å². The molecule has 1 aliphatic rings. The van der Waals surface area contributed by atoms with Gasteiger partial charge in [0.05, 0.1) is 13.7 Å². The highest BCUT2D eigenvalue weighted by atomic mass is 16.5. The van der Waals surface area contributed by atoms with Crippen molar-refractivity contribution < 1.29 is 14.3 Å². The summed E-state index contributed by atoms with van der Waals surface area (Å²) in [5.74, 6) is 0.597. The van der Waals surface area contributed by atoms with Gasteiger partial charge in [0.2, 0.25) is 0 Å². The van der Waals surface area contributed by atoms with Gasteiger partial charge in [-0.15, -0.1) is 0 Å². The topological polar surface area (TPSA) is 35.5 Å². The van der Waals surface area contributed by atoms with Crippen LogP contribution in [0.3, 0.4) is 0 Å². The lowest BCUT2D eigenvalue weighted by Crippen LogP contribution is -2.10. The van der Waals surface area contributed by atoms with Crippen molar-refractivity contribution in [3.63, 3.8) is 0 Å². The maximum Gasteiger partial charge on any atom is 0.334 e. The minimum Gasteiger partial charge on any atom is -0.497 e. The number of benzene rings is 2. The van der Waals surface area contributed by atoms with E-state index in [9.17, 15) is 4.79 Å². The van der Waals surface area contributed by atoms with E-state index in [1.807, 2.05) is 48.5 Å². The number of methoxy groups -OCH3 is 1. The molecule has 0 fully saturated rings. The van der Waals surface area contributed by atoms with Gasteiger partial charge in [0.1, 0.15) is 5.75 Å². The number of carbonyl (C=O) groups excluding carboxylic acids is 1. The Bertz CT molecular complexity index is 760. The van der Waals surface area contributed by atoms with Crippen LogP contribution in [0.1, 0.15) is 36.5 Å². The molecule has 0 unspecified atom stereocenters. The zero-order chi connectivity index (χ0) is 16.9. The molecule has 0 amide bonds. The third-order valence-electron chi connectivity index (χ3n) is 4.29. The fraction of sp³-hybridized carbons (Fsp3) is 0.286. The van der Waals surface area contributed by atoms with Crippen LogP contribution in [0.4, 0.5) is 0 Å². The van der Waals surface area contributed by atoms with Crippen LogP contribution in [0.15, 0.2) is 54.1 Å². The second-order valence-corrected chi connectivity index (χ2v) is 5.91. The minimum absolute atomic E-state index is 0.211. The van der Waals surface area contributed by atoms with Crippen molar-refractivity contribution in [1.29, 1.82) is 0 Å². The van der Waals surface area contributed by atoms with Crippen LogP contribution in [-0.4, -0.2) is 19.7 Å². The Labute approximate surface area is 142 Å². The molecule has 3 nitrogen and oxygen atoms in total. The van der Waals surface area contributed by atoms with E-state index in [-0.39, 0.29) is 5.97 Å². The van der Waals surface area contributed by atoms with Gasteiger partial charge in [-0.3, -0.25) is 0 Å². The van der Waals surface area contributed by atoms with Gasteiger partial charge in [-0.25, -0.2) is 4.79 Å². The summed E-state index contributed by atoms with van der Waals surface area (Å²) in [7, 11) is 1.65. The van der Waals surface area contributed by atoms with Gasteiger partial charge >= 0.3 is 5.97 Å². The number of unbranched alkanes of at least 4 members (excludes halogenated alkanes) is 1. The SMILES string of the molecule is CCCCOC(=O)C1=C(c2ccccc2)c2ccc(OC)cc2C1. The van der Waals surface area contributed by atoms with Crippen LogP contribution in [0.2, 0.25) is 0 Å². The van der Waals surface area contributed by atoms with Gasteiger partial charge < -0.3 is 9.47 Å². The fourth-order valence-corrected chi connectivity index (χ4v) is 3.03. The molecule has 3 rings (SSSR count). The molecule has 0 aromatic heterocycles. The summed E-state index contributed by atoms with van der Waals surface area (Å²) in [4.78, 5) is 12.6. The number of fused-ring (bicyclic) bond motifs is 1. The molecule has 0 saturated carbocycles. The first-order valence-electron chi connectivity index (χ1n) is 8.37. The summed E-state index contributed by atoms with van der Waals surface area (Å²) in [5.41, 5.74) is 4.96. The molecule has 0 saturated heterocycles. The lowest BCUT2D eigenvalue weighted by atomic mass is 9.97.